The van der Waals surface area contributed by atoms with E-state index in [0.717, 1.165) is 30.6 Å². The third-order valence-electron chi connectivity index (χ3n) is 3.38. The van der Waals surface area contributed by atoms with Crippen molar-refractivity contribution in [3.8, 4) is 0 Å². The molecule has 1 aliphatic rings. The standard InChI is InChI=1S/C13H19FN2O/c1-9-4-5-11(14)7-10(9)8-12(16-15)13-3-2-6-17-13/h4-5,7,12-13,16H,2-3,6,8,15H2,1H3. The molecule has 3 N–H and O–H groups in total. The van der Waals surface area contributed by atoms with Crippen LogP contribution in [0.25, 0.3) is 0 Å². The lowest BCUT2D eigenvalue weighted by atomic mass is 9.97. The van der Waals surface area contributed by atoms with Crippen LogP contribution in [0.3, 0.4) is 0 Å². The zero-order chi connectivity index (χ0) is 12.3. The Kier molecular flexibility index (Phi) is 4.10. The Morgan fingerprint density at radius 1 is 1.59 bits per heavy atom. The van der Waals surface area contributed by atoms with Crippen molar-refractivity contribution in [1.82, 2.24) is 5.43 Å². The van der Waals surface area contributed by atoms with Crippen molar-refractivity contribution in [3.05, 3.63) is 35.1 Å². The van der Waals surface area contributed by atoms with E-state index >= 15 is 0 Å². The SMILES string of the molecule is Cc1ccc(F)cc1CC(NN)C1CCCO1. The second-order valence-electron chi connectivity index (χ2n) is 4.60. The number of nitrogens with one attached hydrogen (secondary N) is 1. The zero-order valence-electron chi connectivity index (χ0n) is 10.1. The molecule has 0 radical (unpaired) electrons. The van der Waals surface area contributed by atoms with E-state index in [0.29, 0.717) is 6.42 Å². The van der Waals surface area contributed by atoms with Crippen molar-refractivity contribution < 1.29 is 9.13 Å². The predicted octanol–water partition coefficient (Wildman–Crippen LogP) is 1.69. The summed E-state index contributed by atoms with van der Waals surface area (Å²) in [6.07, 6.45) is 2.93. The molecule has 1 aromatic rings. The topological polar surface area (TPSA) is 47.3 Å². The van der Waals surface area contributed by atoms with Gasteiger partial charge in [0.1, 0.15) is 5.82 Å². The summed E-state index contributed by atoms with van der Waals surface area (Å²) in [4.78, 5) is 0. The maximum Gasteiger partial charge on any atom is 0.123 e. The highest BCUT2D eigenvalue weighted by Crippen LogP contribution is 2.20. The quantitative estimate of drug-likeness (QED) is 0.620. The molecule has 3 nitrogen and oxygen atoms in total. The van der Waals surface area contributed by atoms with Crippen molar-refractivity contribution in [2.45, 2.75) is 38.3 Å². The molecule has 1 aliphatic heterocycles. The summed E-state index contributed by atoms with van der Waals surface area (Å²) in [6, 6.07) is 4.91. The van der Waals surface area contributed by atoms with E-state index in [1.54, 1.807) is 12.1 Å². The van der Waals surface area contributed by atoms with Gasteiger partial charge in [0.2, 0.25) is 0 Å². The minimum absolute atomic E-state index is 0.0537. The van der Waals surface area contributed by atoms with Crippen LogP contribution < -0.4 is 11.3 Å². The Bertz CT molecular complexity index is 378. The third-order valence-corrected chi connectivity index (χ3v) is 3.38. The summed E-state index contributed by atoms with van der Waals surface area (Å²) in [5, 5.41) is 0. The molecule has 0 bridgehead atoms. The Morgan fingerprint density at radius 2 is 2.41 bits per heavy atom. The van der Waals surface area contributed by atoms with Crippen LogP contribution in [-0.2, 0) is 11.2 Å². The van der Waals surface area contributed by atoms with Gasteiger partial charge in [0, 0.05) is 6.61 Å². The van der Waals surface area contributed by atoms with E-state index < -0.39 is 0 Å². The van der Waals surface area contributed by atoms with Crippen molar-refractivity contribution in [2.24, 2.45) is 5.84 Å². The van der Waals surface area contributed by atoms with Crippen molar-refractivity contribution in [1.29, 1.82) is 0 Å². The predicted molar refractivity (Wildman–Crippen MR) is 64.9 cm³/mol. The van der Waals surface area contributed by atoms with Gasteiger partial charge in [-0.2, -0.15) is 0 Å². The monoisotopic (exact) mass is 238 g/mol. The number of hydrogen-bond donors (Lipinski definition) is 2. The summed E-state index contributed by atoms with van der Waals surface area (Å²) >= 11 is 0. The normalized spacial score (nSPS) is 21.7. The lowest BCUT2D eigenvalue weighted by molar-refractivity contribution is 0.0784. The maximum atomic E-state index is 13.2. The van der Waals surface area contributed by atoms with Crippen LogP contribution >= 0.6 is 0 Å². The molecule has 4 heteroatoms. The molecule has 1 aromatic carbocycles. The van der Waals surface area contributed by atoms with Crippen LogP contribution in [0.5, 0.6) is 0 Å². The molecule has 17 heavy (non-hydrogen) atoms. The second kappa shape index (κ2) is 5.58. The van der Waals surface area contributed by atoms with Crippen LogP contribution in [0.15, 0.2) is 18.2 Å². The first-order chi connectivity index (χ1) is 8.20. The number of benzene rings is 1. The number of ether oxygens (including phenoxy) is 1. The largest absolute Gasteiger partial charge is 0.377 e. The number of nitrogens with two attached hydrogens (primary N) is 1. The van der Waals surface area contributed by atoms with Gasteiger partial charge in [-0.3, -0.25) is 11.3 Å². The van der Waals surface area contributed by atoms with Crippen LogP contribution in [-0.4, -0.2) is 18.8 Å². The molecule has 1 fully saturated rings. The fourth-order valence-electron chi connectivity index (χ4n) is 2.31. The molecule has 0 aliphatic carbocycles. The Balaban J connectivity index is 2.09. The average Bonchev–Trinajstić information content (AvgIpc) is 2.84. The van der Waals surface area contributed by atoms with E-state index in [1.165, 1.54) is 6.07 Å². The van der Waals surface area contributed by atoms with Crippen LogP contribution in [0, 0.1) is 12.7 Å². The minimum atomic E-state index is -0.200. The average molecular weight is 238 g/mol. The van der Waals surface area contributed by atoms with Gasteiger partial charge in [-0.1, -0.05) is 6.07 Å². The summed E-state index contributed by atoms with van der Waals surface area (Å²) in [7, 11) is 0. The molecule has 0 spiro atoms. The molecule has 1 saturated heterocycles. The summed E-state index contributed by atoms with van der Waals surface area (Å²) in [5.41, 5.74) is 4.87. The highest BCUT2D eigenvalue weighted by molar-refractivity contribution is 5.27. The maximum absolute atomic E-state index is 13.2. The van der Waals surface area contributed by atoms with E-state index in [9.17, 15) is 4.39 Å². The number of hydrogen-bond acceptors (Lipinski definition) is 3. The molecule has 1 heterocycles. The lowest BCUT2D eigenvalue weighted by Crippen LogP contribution is -2.45. The smallest absolute Gasteiger partial charge is 0.123 e. The van der Waals surface area contributed by atoms with Crippen LogP contribution in [0.1, 0.15) is 24.0 Å². The van der Waals surface area contributed by atoms with Gasteiger partial charge in [0.15, 0.2) is 0 Å². The fourth-order valence-corrected chi connectivity index (χ4v) is 2.31. The van der Waals surface area contributed by atoms with Gasteiger partial charge < -0.3 is 4.74 Å². The molecule has 0 aromatic heterocycles. The molecule has 2 rings (SSSR count). The fraction of sp³-hybridized carbons (Fsp3) is 0.538. The summed E-state index contributed by atoms with van der Waals surface area (Å²) in [6.45, 7) is 2.78. The number of aryl methyl sites for hydroxylation is 1. The Labute approximate surface area is 101 Å². The van der Waals surface area contributed by atoms with Gasteiger partial charge in [0.05, 0.1) is 12.1 Å². The number of halogens is 1. The van der Waals surface area contributed by atoms with Gasteiger partial charge in [-0.05, 0) is 49.4 Å². The van der Waals surface area contributed by atoms with Crippen LogP contribution in [0.2, 0.25) is 0 Å². The van der Waals surface area contributed by atoms with Gasteiger partial charge in [-0.25, -0.2) is 4.39 Å². The van der Waals surface area contributed by atoms with E-state index in [2.05, 4.69) is 5.43 Å². The molecule has 0 saturated carbocycles. The van der Waals surface area contributed by atoms with E-state index in [-0.39, 0.29) is 18.0 Å². The Morgan fingerprint density at radius 3 is 3.06 bits per heavy atom. The minimum Gasteiger partial charge on any atom is -0.377 e. The zero-order valence-corrected chi connectivity index (χ0v) is 10.1. The Hall–Kier alpha value is -0.970. The van der Waals surface area contributed by atoms with E-state index in [4.69, 9.17) is 10.6 Å². The second-order valence-corrected chi connectivity index (χ2v) is 4.60. The summed E-state index contributed by atoms with van der Waals surface area (Å²) in [5.74, 6) is 5.36. The highest BCUT2D eigenvalue weighted by atomic mass is 19.1. The van der Waals surface area contributed by atoms with Gasteiger partial charge in [0.25, 0.3) is 0 Å². The molecule has 2 unspecified atom stereocenters. The first kappa shape index (κ1) is 12.5. The van der Waals surface area contributed by atoms with Gasteiger partial charge in [-0.15, -0.1) is 0 Å². The van der Waals surface area contributed by atoms with Crippen molar-refractivity contribution in [3.63, 3.8) is 0 Å². The number of rotatable bonds is 4. The molecule has 2 atom stereocenters. The summed E-state index contributed by atoms with van der Waals surface area (Å²) < 4.78 is 18.8. The van der Waals surface area contributed by atoms with Gasteiger partial charge >= 0.3 is 0 Å². The molecular formula is C13H19FN2O. The molecular weight excluding hydrogens is 219 g/mol. The first-order valence-corrected chi connectivity index (χ1v) is 6.03. The van der Waals surface area contributed by atoms with Crippen molar-refractivity contribution >= 4 is 0 Å². The van der Waals surface area contributed by atoms with Crippen LogP contribution in [0.4, 0.5) is 4.39 Å². The molecule has 94 valence electrons. The number of hydrazine groups is 1. The van der Waals surface area contributed by atoms with E-state index in [1.807, 2.05) is 6.92 Å². The lowest BCUT2D eigenvalue weighted by Gasteiger charge is -2.22. The highest BCUT2D eigenvalue weighted by Gasteiger charge is 2.25. The first-order valence-electron chi connectivity index (χ1n) is 6.03. The third kappa shape index (κ3) is 3.03. The van der Waals surface area contributed by atoms with Crippen molar-refractivity contribution in [2.75, 3.05) is 6.61 Å². The molecule has 0 amide bonds.